The van der Waals surface area contributed by atoms with Gasteiger partial charge in [0.1, 0.15) is 5.82 Å². The van der Waals surface area contributed by atoms with Gasteiger partial charge >= 0.3 is 23.9 Å². The summed E-state index contributed by atoms with van der Waals surface area (Å²) in [6, 6.07) is 14.6. The van der Waals surface area contributed by atoms with E-state index in [4.69, 9.17) is 5.11 Å². The molecule has 10 nitrogen and oxygen atoms in total. The fraction of sp³-hybridized carbons (Fsp3) is 0.344. The molecule has 12 heteroatoms. The highest BCUT2D eigenvalue weighted by molar-refractivity contribution is 7.15. The monoisotopic (exact) mass is 628 g/mol. The van der Waals surface area contributed by atoms with Crippen LogP contribution in [0.1, 0.15) is 58.5 Å². The van der Waals surface area contributed by atoms with Gasteiger partial charge in [-0.15, -0.1) is 11.3 Å². The standard InChI is InChI=1S/C32H33FO10S/c1-17-2-3-19(12-20(17)13-22-8-10-27(44-22)18-4-6-21(33)7-5-18)32(43)25(16-31(41)42)23(14-29(37)38)24(15-30(39)40)26(34)9-11-28(35)36/h2-8,10,12,23-26,34H,9,11,13-16H2,1H3,(H,35,36)(H,37,38)(H,39,40)(H,41,42)/t23-,24+,25+,26+/m0/s1. The van der Waals surface area contributed by atoms with Crippen molar-refractivity contribution in [3.63, 3.8) is 0 Å². The molecule has 234 valence electrons. The molecule has 44 heavy (non-hydrogen) atoms. The van der Waals surface area contributed by atoms with E-state index in [0.29, 0.717) is 6.42 Å². The van der Waals surface area contributed by atoms with Gasteiger partial charge in [-0.05, 0) is 72.2 Å². The zero-order valence-electron chi connectivity index (χ0n) is 23.8. The highest BCUT2D eigenvalue weighted by atomic mass is 32.1. The number of carbonyl (C=O) groups excluding carboxylic acids is 1. The number of rotatable bonds is 17. The number of carbonyl (C=O) groups is 5. The predicted molar refractivity (Wildman–Crippen MR) is 158 cm³/mol. The Morgan fingerprint density at radius 2 is 1.39 bits per heavy atom. The Hall–Kier alpha value is -4.42. The Morgan fingerprint density at radius 1 is 0.773 bits per heavy atom. The number of hydrogen-bond acceptors (Lipinski definition) is 7. The van der Waals surface area contributed by atoms with Crippen molar-refractivity contribution in [1.29, 1.82) is 0 Å². The molecule has 0 aliphatic carbocycles. The smallest absolute Gasteiger partial charge is 0.304 e. The van der Waals surface area contributed by atoms with Crippen LogP contribution < -0.4 is 0 Å². The maximum Gasteiger partial charge on any atom is 0.304 e. The van der Waals surface area contributed by atoms with E-state index in [1.165, 1.54) is 29.5 Å². The molecule has 4 atom stereocenters. The maximum atomic E-state index is 13.9. The predicted octanol–water partition coefficient (Wildman–Crippen LogP) is 5.13. The lowest BCUT2D eigenvalue weighted by Gasteiger charge is -2.34. The molecule has 1 aromatic heterocycles. The second kappa shape index (κ2) is 15.3. The van der Waals surface area contributed by atoms with Gasteiger partial charge in [0.2, 0.25) is 0 Å². The molecule has 0 bridgehead atoms. The zero-order valence-corrected chi connectivity index (χ0v) is 24.6. The highest BCUT2D eigenvalue weighted by Gasteiger charge is 2.41. The fourth-order valence-corrected chi connectivity index (χ4v) is 6.38. The summed E-state index contributed by atoms with van der Waals surface area (Å²) < 4.78 is 13.3. The minimum absolute atomic E-state index is 0.0941. The topological polar surface area (TPSA) is 186 Å². The quantitative estimate of drug-likeness (QED) is 0.125. The van der Waals surface area contributed by atoms with E-state index < -0.39 is 85.6 Å². The first-order valence-corrected chi connectivity index (χ1v) is 14.6. The third kappa shape index (κ3) is 9.55. The van der Waals surface area contributed by atoms with Crippen molar-refractivity contribution in [3.05, 3.63) is 82.0 Å². The van der Waals surface area contributed by atoms with E-state index in [-0.39, 0.29) is 11.4 Å². The number of benzene rings is 2. The molecular formula is C32H33FO10S. The molecule has 3 aromatic rings. The Morgan fingerprint density at radius 3 is 1.98 bits per heavy atom. The molecular weight excluding hydrogens is 595 g/mol. The zero-order chi connectivity index (χ0) is 32.6. The van der Waals surface area contributed by atoms with E-state index in [0.717, 1.165) is 26.4 Å². The SMILES string of the molecule is Cc1ccc(C(=O)[C@H](CC(=O)O)[C@@H](CC(=O)O)[C@@H](CC(=O)O)[C@H](O)CCC(=O)O)cc1Cc1ccc(-c2ccc(F)cc2)s1. The summed E-state index contributed by atoms with van der Waals surface area (Å²) >= 11 is 1.48. The van der Waals surface area contributed by atoms with Crippen LogP contribution in [0.15, 0.2) is 54.6 Å². The van der Waals surface area contributed by atoms with E-state index in [1.807, 2.05) is 19.1 Å². The lowest BCUT2D eigenvalue weighted by atomic mass is 9.70. The molecule has 0 fully saturated rings. The number of carboxylic acids is 4. The normalized spacial score (nSPS) is 13.9. The van der Waals surface area contributed by atoms with Gasteiger partial charge in [0, 0.05) is 40.5 Å². The van der Waals surface area contributed by atoms with E-state index in [9.17, 15) is 48.8 Å². The molecule has 5 N–H and O–H groups in total. The third-order valence-electron chi connectivity index (χ3n) is 7.56. The molecule has 0 aliphatic heterocycles. The summed E-state index contributed by atoms with van der Waals surface area (Å²) in [4.78, 5) is 62.3. The molecule has 2 aromatic carbocycles. The molecule has 1 heterocycles. The fourth-order valence-electron chi connectivity index (χ4n) is 5.34. The van der Waals surface area contributed by atoms with E-state index in [2.05, 4.69) is 0 Å². The average Bonchev–Trinajstić information content (AvgIpc) is 3.41. The van der Waals surface area contributed by atoms with Crippen molar-refractivity contribution in [2.24, 2.45) is 17.8 Å². The van der Waals surface area contributed by atoms with Crippen LogP contribution in [-0.4, -0.2) is 61.3 Å². The summed E-state index contributed by atoms with van der Waals surface area (Å²) in [6.07, 6.45) is -4.58. The summed E-state index contributed by atoms with van der Waals surface area (Å²) in [6.45, 7) is 1.84. The van der Waals surface area contributed by atoms with Crippen LogP contribution in [0.2, 0.25) is 0 Å². The van der Waals surface area contributed by atoms with Crippen molar-refractivity contribution in [3.8, 4) is 10.4 Å². The molecule has 0 unspecified atom stereocenters. The van der Waals surface area contributed by atoms with Gasteiger partial charge in [0.05, 0.1) is 18.9 Å². The van der Waals surface area contributed by atoms with Crippen LogP contribution in [0.5, 0.6) is 0 Å². The summed E-state index contributed by atoms with van der Waals surface area (Å²) in [7, 11) is 0. The Bertz CT molecular complexity index is 1510. The number of aliphatic hydroxyl groups excluding tert-OH is 1. The Labute approximate surface area is 256 Å². The van der Waals surface area contributed by atoms with Gasteiger partial charge < -0.3 is 25.5 Å². The van der Waals surface area contributed by atoms with Gasteiger partial charge in [0.15, 0.2) is 5.78 Å². The van der Waals surface area contributed by atoms with Crippen LogP contribution in [0, 0.1) is 30.5 Å². The Balaban J connectivity index is 1.97. The number of hydrogen-bond donors (Lipinski definition) is 5. The largest absolute Gasteiger partial charge is 0.481 e. The lowest BCUT2D eigenvalue weighted by molar-refractivity contribution is -0.146. The number of aliphatic hydroxyl groups is 1. The van der Waals surface area contributed by atoms with Gasteiger partial charge in [-0.2, -0.15) is 0 Å². The maximum absolute atomic E-state index is 13.9. The average molecular weight is 629 g/mol. The van der Waals surface area contributed by atoms with Crippen molar-refractivity contribution >= 4 is 41.0 Å². The number of aryl methyl sites for hydroxylation is 1. The number of ketones is 1. The number of carboxylic acid groups (broad SMARTS) is 4. The van der Waals surface area contributed by atoms with E-state index in [1.54, 1.807) is 24.3 Å². The molecule has 0 saturated carbocycles. The van der Waals surface area contributed by atoms with Crippen LogP contribution in [0.3, 0.4) is 0 Å². The van der Waals surface area contributed by atoms with Gasteiger partial charge in [-0.1, -0.05) is 24.3 Å². The molecule has 0 spiro atoms. The third-order valence-corrected chi connectivity index (χ3v) is 8.69. The lowest BCUT2D eigenvalue weighted by Crippen LogP contribution is -2.40. The second-order valence-electron chi connectivity index (χ2n) is 10.7. The second-order valence-corrected chi connectivity index (χ2v) is 11.9. The summed E-state index contributed by atoms with van der Waals surface area (Å²) in [5.41, 5.74) is 2.51. The van der Waals surface area contributed by atoms with Crippen LogP contribution >= 0.6 is 11.3 Å². The van der Waals surface area contributed by atoms with Gasteiger partial charge in [0.25, 0.3) is 0 Å². The number of aliphatic carboxylic acids is 4. The first-order chi connectivity index (χ1) is 20.7. The minimum atomic E-state index is -1.61. The van der Waals surface area contributed by atoms with Crippen molar-refractivity contribution < 1.29 is 53.9 Å². The highest BCUT2D eigenvalue weighted by Crippen LogP contribution is 2.37. The first-order valence-electron chi connectivity index (χ1n) is 13.8. The van der Waals surface area contributed by atoms with Crippen molar-refractivity contribution in [2.45, 2.75) is 51.6 Å². The van der Waals surface area contributed by atoms with Gasteiger partial charge in [-0.3, -0.25) is 24.0 Å². The van der Waals surface area contributed by atoms with Crippen LogP contribution in [0.25, 0.3) is 10.4 Å². The van der Waals surface area contributed by atoms with Crippen LogP contribution in [0.4, 0.5) is 4.39 Å². The molecule has 0 aliphatic rings. The molecule has 0 saturated heterocycles. The van der Waals surface area contributed by atoms with Crippen molar-refractivity contribution in [2.75, 3.05) is 0 Å². The molecule has 0 radical (unpaired) electrons. The van der Waals surface area contributed by atoms with E-state index >= 15 is 0 Å². The summed E-state index contributed by atoms with van der Waals surface area (Å²) in [5, 5.41) is 48.6. The van der Waals surface area contributed by atoms with Gasteiger partial charge in [-0.25, -0.2) is 4.39 Å². The Kier molecular flexibility index (Phi) is 11.9. The molecule has 0 amide bonds. The molecule has 3 rings (SSSR count). The van der Waals surface area contributed by atoms with Crippen molar-refractivity contribution in [1.82, 2.24) is 0 Å². The number of Topliss-reactive ketones (excluding diaryl/α,β-unsaturated/α-hetero) is 1. The van der Waals surface area contributed by atoms with Crippen LogP contribution in [-0.2, 0) is 25.6 Å². The minimum Gasteiger partial charge on any atom is -0.481 e. The summed E-state index contributed by atoms with van der Waals surface area (Å²) in [5.74, 6) is -11.0. The number of halogens is 1. The first kappa shape index (κ1) is 34.1. The number of thiophene rings is 1.